The first kappa shape index (κ1) is 21.8. The molecule has 1 aliphatic rings. The van der Waals surface area contributed by atoms with Gasteiger partial charge in [0.1, 0.15) is 17.3 Å². The number of hydrogen-bond acceptors (Lipinski definition) is 4. The van der Waals surface area contributed by atoms with Crippen molar-refractivity contribution in [3.63, 3.8) is 0 Å². The van der Waals surface area contributed by atoms with Crippen LogP contribution in [0.3, 0.4) is 0 Å². The van der Waals surface area contributed by atoms with Gasteiger partial charge in [0.05, 0.1) is 18.4 Å². The van der Waals surface area contributed by atoms with Crippen molar-refractivity contribution in [2.45, 2.75) is 25.1 Å². The first-order valence-electron chi connectivity index (χ1n) is 9.55. The van der Waals surface area contributed by atoms with E-state index in [2.05, 4.69) is 15.3 Å². The smallest absolute Gasteiger partial charge is 0.287 e. The van der Waals surface area contributed by atoms with E-state index in [1.54, 1.807) is 30.3 Å². The summed E-state index contributed by atoms with van der Waals surface area (Å²) in [5.41, 5.74) is 0.348. The van der Waals surface area contributed by atoms with E-state index in [0.29, 0.717) is 17.9 Å². The third-order valence-corrected chi connectivity index (χ3v) is 5.20. The molecule has 0 radical (unpaired) electrons. The van der Waals surface area contributed by atoms with E-state index in [1.807, 2.05) is 26.0 Å². The molecule has 0 saturated heterocycles. The molecule has 1 aromatic heterocycles. The van der Waals surface area contributed by atoms with Crippen molar-refractivity contribution in [2.75, 3.05) is 13.7 Å². The Morgan fingerprint density at radius 1 is 1.33 bits per heavy atom. The van der Waals surface area contributed by atoms with Crippen LogP contribution in [0.1, 0.15) is 25.6 Å². The Morgan fingerprint density at radius 2 is 2.03 bits per heavy atom. The van der Waals surface area contributed by atoms with E-state index in [0.717, 1.165) is 5.57 Å². The van der Waals surface area contributed by atoms with E-state index in [4.69, 9.17) is 16.3 Å². The number of allylic oxidation sites excluding steroid dienone is 2. The number of nitrogens with zero attached hydrogens (tertiary/aromatic N) is 1. The number of carbonyl (C=O) groups is 1. The van der Waals surface area contributed by atoms with Crippen molar-refractivity contribution < 1.29 is 13.9 Å². The first-order chi connectivity index (χ1) is 14.3. The van der Waals surface area contributed by atoms with E-state index >= 15 is 0 Å². The Kier molecular flexibility index (Phi) is 6.72. The molecule has 0 bridgehead atoms. The second kappa shape index (κ2) is 9.26. The minimum atomic E-state index is -0.963. The molecule has 1 aromatic carbocycles. The summed E-state index contributed by atoms with van der Waals surface area (Å²) in [5.74, 6) is -0.772. The minimum Gasteiger partial charge on any atom is -0.497 e. The Bertz CT molecular complexity index is 1040. The molecule has 1 amide bonds. The summed E-state index contributed by atoms with van der Waals surface area (Å²) in [4.78, 5) is 30.9. The Balaban J connectivity index is 1.93. The number of nitrogens with one attached hydrogen (secondary N) is 2. The lowest BCUT2D eigenvalue weighted by Gasteiger charge is -2.22. The van der Waals surface area contributed by atoms with Crippen LogP contribution in [0.5, 0.6) is 5.75 Å². The fraction of sp³-hybridized carbons (Fsp3) is 0.318. The fourth-order valence-electron chi connectivity index (χ4n) is 3.03. The molecule has 1 aliphatic carbocycles. The van der Waals surface area contributed by atoms with Crippen molar-refractivity contribution in [3.8, 4) is 17.0 Å². The zero-order chi connectivity index (χ0) is 21.8. The number of alkyl halides is 1. The van der Waals surface area contributed by atoms with Crippen molar-refractivity contribution in [1.82, 2.24) is 15.3 Å². The van der Waals surface area contributed by atoms with Gasteiger partial charge >= 0.3 is 0 Å². The molecule has 2 atom stereocenters. The van der Waals surface area contributed by atoms with Gasteiger partial charge in [0, 0.05) is 18.0 Å². The molecule has 1 heterocycles. The number of amides is 1. The van der Waals surface area contributed by atoms with Gasteiger partial charge in [-0.3, -0.25) is 9.59 Å². The van der Waals surface area contributed by atoms with Crippen molar-refractivity contribution in [1.29, 1.82) is 0 Å². The second-order valence-corrected chi connectivity index (χ2v) is 7.79. The number of aromatic amines is 1. The molecule has 0 saturated carbocycles. The maximum atomic E-state index is 14.5. The highest BCUT2D eigenvalue weighted by Gasteiger charge is 2.25. The SMILES string of the molecule is COc1ccc(-c2nc(C3C=C(CNC(=O)C(C)C)C=CC3Cl)[nH]c(=O)c2F)cc1. The standard InChI is InChI=1S/C22H23ClFN3O3/c1-12(2)21(28)25-11-13-4-9-17(23)16(10-13)20-26-19(18(24)22(29)27-20)14-5-7-15(30-3)8-6-14/h4-10,12,16-17H,11H2,1-3H3,(H,25,28)(H,26,27,29). The van der Waals surface area contributed by atoms with Crippen LogP contribution in [0.4, 0.5) is 4.39 Å². The number of H-pyrrole nitrogens is 1. The van der Waals surface area contributed by atoms with Crippen LogP contribution in [0.25, 0.3) is 11.3 Å². The summed E-state index contributed by atoms with van der Waals surface area (Å²) in [6.07, 6.45) is 5.41. The van der Waals surface area contributed by atoms with Gasteiger partial charge in [-0.2, -0.15) is 4.39 Å². The summed E-state index contributed by atoms with van der Waals surface area (Å²) in [5, 5.41) is 2.36. The number of carbonyl (C=O) groups excluding carboxylic acids is 1. The van der Waals surface area contributed by atoms with E-state index in [9.17, 15) is 14.0 Å². The van der Waals surface area contributed by atoms with Gasteiger partial charge in [-0.05, 0) is 29.8 Å². The molecule has 2 unspecified atom stereocenters. The van der Waals surface area contributed by atoms with Crippen LogP contribution in [0.2, 0.25) is 0 Å². The molecule has 0 spiro atoms. The molecule has 2 N–H and O–H groups in total. The van der Waals surface area contributed by atoms with Gasteiger partial charge in [0.15, 0.2) is 0 Å². The second-order valence-electron chi connectivity index (χ2n) is 7.29. The van der Waals surface area contributed by atoms with E-state index < -0.39 is 22.7 Å². The van der Waals surface area contributed by atoms with Crippen LogP contribution < -0.4 is 15.6 Å². The lowest BCUT2D eigenvalue weighted by molar-refractivity contribution is -0.123. The molecule has 30 heavy (non-hydrogen) atoms. The largest absolute Gasteiger partial charge is 0.497 e. The summed E-state index contributed by atoms with van der Waals surface area (Å²) < 4.78 is 19.6. The highest BCUT2D eigenvalue weighted by Crippen LogP contribution is 2.30. The Morgan fingerprint density at radius 3 is 2.67 bits per heavy atom. The summed E-state index contributed by atoms with van der Waals surface area (Å²) in [7, 11) is 1.53. The summed E-state index contributed by atoms with van der Waals surface area (Å²) in [6.45, 7) is 3.95. The van der Waals surface area contributed by atoms with Crippen LogP contribution in [0, 0.1) is 11.7 Å². The third-order valence-electron chi connectivity index (χ3n) is 4.78. The molecule has 6 nitrogen and oxygen atoms in total. The molecule has 0 fully saturated rings. The average molecular weight is 432 g/mol. The van der Waals surface area contributed by atoms with Crippen LogP contribution in [-0.2, 0) is 4.79 Å². The monoisotopic (exact) mass is 431 g/mol. The first-order valence-corrected chi connectivity index (χ1v) is 9.98. The van der Waals surface area contributed by atoms with E-state index in [-0.39, 0.29) is 23.3 Å². The van der Waals surface area contributed by atoms with Gasteiger partial charge < -0.3 is 15.0 Å². The zero-order valence-corrected chi connectivity index (χ0v) is 17.7. The minimum absolute atomic E-state index is 0.0575. The summed E-state index contributed by atoms with van der Waals surface area (Å²) >= 11 is 6.43. The maximum absolute atomic E-state index is 14.5. The third kappa shape index (κ3) is 4.79. The zero-order valence-electron chi connectivity index (χ0n) is 16.9. The molecular formula is C22H23ClFN3O3. The van der Waals surface area contributed by atoms with Gasteiger partial charge in [0.2, 0.25) is 11.7 Å². The Hall–Kier alpha value is -2.93. The van der Waals surface area contributed by atoms with Crippen LogP contribution in [-0.4, -0.2) is 34.9 Å². The van der Waals surface area contributed by atoms with Crippen molar-refractivity contribution in [3.05, 3.63) is 70.1 Å². The van der Waals surface area contributed by atoms with Crippen molar-refractivity contribution >= 4 is 17.5 Å². The van der Waals surface area contributed by atoms with Gasteiger partial charge in [0.25, 0.3) is 5.56 Å². The number of hydrogen-bond donors (Lipinski definition) is 2. The highest BCUT2D eigenvalue weighted by molar-refractivity contribution is 6.22. The predicted octanol–water partition coefficient (Wildman–Crippen LogP) is 3.54. The van der Waals surface area contributed by atoms with Crippen LogP contribution >= 0.6 is 11.6 Å². The molecule has 0 aliphatic heterocycles. The number of ether oxygens (including phenoxy) is 1. The quantitative estimate of drug-likeness (QED) is 0.685. The molecule has 158 valence electrons. The average Bonchev–Trinajstić information content (AvgIpc) is 2.74. The molecular weight excluding hydrogens is 409 g/mol. The summed E-state index contributed by atoms with van der Waals surface area (Å²) in [6, 6.07) is 6.60. The number of halogens is 2. The lowest BCUT2D eigenvalue weighted by atomic mass is 9.94. The molecule has 3 rings (SSSR count). The predicted molar refractivity (Wildman–Crippen MR) is 114 cm³/mol. The lowest BCUT2D eigenvalue weighted by Crippen LogP contribution is -2.30. The normalized spacial score (nSPS) is 18.3. The van der Waals surface area contributed by atoms with Gasteiger partial charge in [-0.1, -0.05) is 32.1 Å². The molecule has 8 heteroatoms. The molecule has 2 aromatic rings. The topological polar surface area (TPSA) is 84.1 Å². The highest BCUT2D eigenvalue weighted by atomic mass is 35.5. The maximum Gasteiger partial charge on any atom is 0.287 e. The number of rotatable bonds is 6. The fourth-order valence-corrected chi connectivity index (χ4v) is 3.29. The van der Waals surface area contributed by atoms with Crippen molar-refractivity contribution in [2.24, 2.45) is 5.92 Å². The Labute approximate surface area is 178 Å². The number of methoxy groups -OCH3 is 1. The van der Waals surface area contributed by atoms with E-state index in [1.165, 1.54) is 7.11 Å². The van der Waals surface area contributed by atoms with Gasteiger partial charge in [-0.15, -0.1) is 11.6 Å². The van der Waals surface area contributed by atoms with Gasteiger partial charge in [-0.25, -0.2) is 4.98 Å². The number of benzene rings is 1. The number of aromatic nitrogens is 2. The van der Waals surface area contributed by atoms with Crippen LogP contribution in [0.15, 0.2) is 52.9 Å².